The maximum Gasteiger partial charge on any atom is 0.393 e. The molecule has 1 aliphatic heterocycles. The van der Waals surface area contributed by atoms with Crippen LogP contribution in [0.5, 0.6) is 0 Å². The van der Waals surface area contributed by atoms with E-state index in [2.05, 4.69) is 5.32 Å². The Morgan fingerprint density at radius 2 is 2.06 bits per heavy atom. The zero-order valence-electron chi connectivity index (χ0n) is 9.80. The zero-order valence-corrected chi connectivity index (χ0v) is 9.80. The Balaban J connectivity index is 2.10. The number of hydrogen-bond acceptors (Lipinski definition) is 1. The van der Waals surface area contributed by atoms with Gasteiger partial charge >= 0.3 is 6.18 Å². The van der Waals surface area contributed by atoms with E-state index in [0.717, 1.165) is 0 Å². The van der Waals surface area contributed by atoms with E-state index < -0.39 is 24.0 Å². The van der Waals surface area contributed by atoms with Crippen molar-refractivity contribution in [1.82, 2.24) is 5.32 Å². The Morgan fingerprint density at radius 1 is 1.28 bits per heavy atom. The van der Waals surface area contributed by atoms with Gasteiger partial charge in [0.2, 0.25) is 0 Å². The van der Waals surface area contributed by atoms with Crippen LogP contribution in [0.3, 0.4) is 0 Å². The predicted molar refractivity (Wildman–Crippen MR) is 60.7 cm³/mol. The summed E-state index contributed by atoms with van der Waals surface area (Å²) in [7, 11) is 0. The normalized spacial score (nSPS) is 25.1. The topological polar surface area (TPSA) is 12.0 Å². The SMILES string of the molecule is Fc1cccc(CC2NCCCC2C(F)(F)F)c1. The van der Waals surface area contributed by atoms with Gasteiger partial charge in [-0.3, -0.25) is 0 Å². The lowest BCUT2D eigenvalue weighted by Crippen LogP contribution is -2.48. The van der Waals surface area contributed by atoms with Crippen LogP contribution in [0.25, 0.3) is 0 Å². The van der Waals surface area contributed by atoms with Crippen molar-refractivity contribution in [3.05, 3.63) is 35.6 Å². The van der Waals surface area contributed by atoms with Gasteiger partial charge in [0.05, 0.1) is 5.92 Å². The van der Waals surface area contributed by atoms with Crippen molar-refractivity contribution in [2.24, 2.45) is 5.92 Å². The molecule has 100 valence electrons. The molecule has 5 heteroatoms. The number of hydrogen-bond donors (Lipinski definition) is 1. The minimum atomic E-state index is -4.19. The lowest BCUT2D eigenvalue weighted by Gasteiger charge is -2.34. The van der Waals surface area contributed by atoms with Crippen molar-refractivity contribution in [1.29, 1.82) is 0 Å². The standard InChI is InChI=1S/C13H15F4N/c14-10-4-1-3-9(7-10)8-12-11(13(15,16)17)5-2-6-18-12/h1,3-4,7,11-12,18H,2,5-6,8H2. The molecule has 0 aromatic heterocycles. The van der Waals surface area contributed by atoms with Crippen molar-refractivity contribution < 1.29 is 17.6 Å². The van der Waals surface area contributed by atoms with E-state index in [9.17, 15) is 17.6 Å². The summed E-state index contributed by atoms with van der Waals surface area (Å²) in [5.74, 6) is -1.75. The van der Waals surface area contributed by atoms with E-state index in [4.69, 9.17) is 0 Å². The molecule has 1 saturated heterocycles. The highest BCUT2D eigenvalue weighted by Gasteiger charge is 2.45. The number of halogens is 4. The van der Waals surface area contributed by atoms with Crippen molar-refractivity contribution in [3.8, 4) is 0 Å². The van der Waals surface area contributed by atoms with Gasteiger partial charge in [-0.15, -0.1) is 0 Å². The summed E-state index contributed by atoms with van der Waals surface area (Å²) >= 11 is 0. The Morgan fingerprint density at radius 3 is 2.72 bits per heavy atom. The van der Waals surface area contributed by atoms with Crippen molar-refractivity contribution in [2.45, 2.75) is 31.5 Å². The highest BCUT2D eigenvalue weighted by Crippen LogP contribution is 2.35. The third-order valence-corrected chi connectivity index (χ3v) is 3.35. The lowest BCUT2D eigenvalue weighted by atomic mass is 9.86. The van der Waals surface area contributed by atoms with Gasteiger partial charge in [0.25, 0.3) is 0 Å². The number of rotatable bonds is 2. The summed E-state index contributed by atoms with van der Waals surface area (Å²) in [5.41, 5.74) is 0.601. The quantitative estimate of drug-likeness (QED) is 0.805. The van der Waals surface area contributed by atoms with Gasteiger partial charge in [0.15, 0.2) is 0 Å². The van der Waals surface area contributed by atoms with Crippen molar-refractivity contribution in [3.63, 3.8) is 0 Å². The molecule has 0 saturated carbocycles. The molecular weight excluding hydrogens is 246 g/mol. The smallest absolute Gasteiger partial charge is 0.313 e. The second-order valence-corrected chi connectivity index (χ2v) is 4.68. The van der Waals surface area contributed by atoms with E-state index >= 15 is 0 Å². The molecule has 1 aliphatic rings. The van der Waals surface area contributed by atoms with Crippen LogP contribution < -0.4 is 5.32 Å². The fourth-order valence-electron chi connectivity index (χ4n) is 2.48. The van der Waals surface area contributed by atoms with Gasteiger partial charge in [0.1, 0.15) is 5.82 Å². The first-order chi connectivity index (χ1) is 8.47. The molecule has 0 aliphatic carbocycles. The van der Waals surface area contributed by atoms with Crippen LogP contribution in [-0.2, 0) is 6.42 Å². The fourth-order valence-corrected chi connectivity index (χ4v) is 2.48. The summed E-state index contributed by atoms with van der Waals surface area (Å²) in [6.07, 6.45) is -3.30. The maximum atomic E-state index is 13.0. The first-order valence-electron chi connectivity index (χ1n) is 6.01. The lowest BCUT2D eigenvalue weighted by molar-refractivity contribution is -0.188. The molecular formula is C13H15F4N. The molecule has 1 nitrogen and oxygen atoms in total. The third-order valence-electron chi connectivity index (χ3n) is 3.35. The third kappa shape index (κ3) is 3.22. The number of alkyl halides is 3. The summed E-state index contributed by atoms with van der Waals surface area (Å²) in [6.45, 7) is 0.590. The second kappa shape index (κ2) is 5.26. The largest absolute Gasteiger partial charge is 0.393 e. The number of piperidine rings is 1. The number of nitrogens with one attached hydrogen (secondary N) is 1. The molecule has 1 N–H and O–H groups in total. The summed E-state index contributed by atoms with van der Waals surface area (Å²) < 4.78 is 51.6. The molecule has 2 rings (SSSR count). The highest BCUT2D eigenvalue weighted by molar-refractivity contribution is 5.18. The van der Waals surface area contributed by atoms with E-state index in [-0.39, 0.29) is 12.8 Å². The highest BCUT2D eigenvalue weighted by atomic mass is 19.4. The van der Waals surface area contributed by atoms with E-state index in [1.807, 2.05) is 0 Å². The summed E-state index contributed by atoms with van der Waals surface area (Å²) in [4.78, 5) is 0. The van der Waals surface area contributed by atoms with Crippen LogP contribution in [-0.4, -0.2) is 18.8 Å². The molecule has 2 atom stereocenters. The molecule has 1 heterocycles. The fraction of sp³-hybridized carbons (Fsp3) is 0.538. The molecule has 0 radical (unpaired) electrons. The zero-order chi connectivity index (χ0) is 13.2. The molecule has 1 aromatic carbocycles. The maximum absolute atomic E-state index is 13.0. The number of benzene rings is 1. The van der Waals surface area contributed by atoms with E-state index in [1.54, 1.807) is 6.07 Å². The Hall–Kier alpha value is -1.10. The average Bonchev–Trinajstić information content (AvgIpc) is 2.28. The van der Waals surface area contributed by atoms with Crippen LogP contribution in [0.1, 0.15) is 18.4 Å². The van der Waals surface area contributed by atoms with E-state index in [1.165, 1.54) is 18.2 Å². The van der Waals surface area contributed by atoms with E-state index in [0.29, 0.717) is 18.5 Å². The molecule has 0 amide bonds. The molecule has 18 heavy (non-hydrogen) atoms. The minimum Gasteiger partial charge on any atom is -0.313 e. The van der Waals surface area contributed by atoms with Gasteiger partial charge in [-0.05, 0) is 43.5 Å². The molecule has 0 bridgehead atoms. The van der Waals surface area contributed by atoms with Crippen molar-refractivity contribution in [2.75, 3.05) is 6.54 Å². The summed E-state index contributed by atoms with van der Waals surface area (Å²) in [6, 6.07) is 5.12. The van der Waals surface area contributed by atoms with Gasteiger partial charge in [-0.2, -0.15) is 13.2 Å². The van der Waals surface area contributed by atoms with Crippen LogP contribution >= 0.6 is 0 Å². The average molecular weight is 261 g/mol. The minimum absolute atomic E-state index is 0.149. The van der Waals surface area contributed by atoms with Gasteiger partial charge in [0, 0.05) is 6.04 Å². The Kier molecular flexibility index (Phi) is 3.90. The van der Waals surface area contributed by atoms with Crippen LogP contribution in [0.4, 0.5) is 17.6 Å². The first-order valence-corrected chi connectivity index (χ1v) is 6.01. The Bertz CT molecular complexity index is 402. The van der Waals surface area contributed by atoms with Crippen LogP contribution in [0, 0.1) is 11.7 Å². The monoisotopic (exact) mass is 261 g/mol. The van der Waals surface area contributed by atoms with Crippen LogP contribution in [0.15, 0.2) is 24.3 Å². The first kappa shape index (κ1) is 13.3. The van der Waals surface area contributed by atoms with Crippen LogP contribution in [0.2, 0.25) is 0 Å². The van der Waals surface area contributed by atoms with Gasteiger partial charge < -0.3 is 5.32 Å². The second-order valence-electron chi connectivity index (χ2n) is 4.68. The summed E-state index contributed by atoms with van der Waals surface area (Å²) in [5, 5.41) is 2.90. The van der Waals surface area contributed by atoms with Crippen molar-refractivity contribution >= 4 is 0 Å². The Labute approximate surface area is 103 Å². The molecule has 1 fully saturated rings. The molecule has 0 spiro atoms. The van der Waals surface area contributed by atoms with Gasteiger partial charge in [-0.25, -0.2) is 4.39 Å². The molecule has 2 unspecified atom stereocenters. The molecule has 1 aromatic rings. The predicted octanol–water partition coefficient (Wildman–Crippen LogP) is 3.30. The van der Waals surface area contributed by atoms with Gasteiger partial charge in [-0.1, -0.05) is 12.1 Å².